The molecule has 0 fully saturated rings. The second-order valence-corrected chi connectivity index (χ2v) is 4.80. The fourth-order valence-corrected chi connectivity index (χ4v) is 1.99. The molecule has 0 aromatic carbocycles. The number of hydrogen-bond donors (Lipinski definition) is 1. The Hall–Kier alpha value is -0.810. The standard InChI is InChI=1S/C10H14ClN3OS/c1-7(6-16-2)3-13-10(15)8-4-12-5-9(11)14-8/h4-5,7H,3,6H2,1-2H3,(H,13,15). The fraction of sp³-hybridized carbons (Fsp3) is 0.500. The SMILES string of the molecule is CSCC(C)CNC(=O)c1cncc(Cl)n1. The zero-order chi connectivity index (χ0) is 12.0. The molecule has 0 saturated carbocycles. The summed E-state index contributed by atoms with van der Waals surface area (Å²) < 4.78 is 0. The molecule has 0 aliphatic heterocycles. The Bertz CT molecular complexity index is 362. The van der Waals surface area contributed by atoms with Gasteiger partial charge in [-0.2, -0.15) is 11.8 Å². The summed E-state index contributed by atoms with van der Waals surface area (Å²) >= 11 is 7.40. The molecule has 1 aromatic heterocycles. The van der Waals surface area contributed by atoms with Crippen LogP contribution in [0.15, 0.2) is 12.4 Å². The van der Waals surface area contributed by atoms with Crippen LogP contribution >= 0.6 is 23.4 Å². The largest absolute Gasteiger partial charge is 0.350 e. The first-order valence-electron chi connectivity index (χ1n) is 4.88. The van der Waals surface area contributed by atoms with E-state index in [0.29, 0.717) is 12.5 Å². The first kappa shape index (κ1) is 13.3. The normalized spacial score (nSPS) is 12.2. The summed E-state index contributed by atoms with van der Waals surface area (Å²) in [6.45, 7) is 2.72. The number of nitrogens with one attached hydrogen (secondary N) is 1. The van der Waals surface area contributed by atoms with Gasteiger partial charge in [-0.15, -0.1) is 0 Å². The average molecular weight is 260 g/mol. The minimum absolute atomic E-state index is 0.227. The van der Waals surface area contributed by atoms with Crippen molar-refractivity contribution in [2.45, 2.75) is 6.92 Å². The molecular weight excluding hydrogens is 246 g/mol. The number of aromatic nitrogens is 2. The van der Waals surface area contributed by atoms with E-state index in [-0.39, 0.29) is 16.8 Å². The van der Waals surface area contributed by atoms with Gasteiger partial charge in [0.25, 0.3) is 5.91 Å². The van der Waals surface area contributed by atoms with Crippen LogP contribution in [0.5, 0.6) is 0 Å². The van der Waals surface area contributed by atoms with Crippen LogP contribution in [0.25, 0.3) is 0 Å². The molecule has 0 spiro atoms. The summed E-state index contributed by atoms with van der Waals surface area (Å²) in [6, 6.07) is 0. The summed E-state index contributed by atoms with van der Waals surface area (Å²) in [4.78, 5) is 19.3. The van der Waals surface area contributed by atoms with E-state index in [4.69, 9.17) is 11.6 Å². The van der Waals surface area contributed by atoms with Gasteiger partial charge < -0.3 is 5.32 Å². The number of rotatable bonds is 5. The van der Waals surface area contributed by atoms with Crippen molar-refractivity contribution >= 4 is 29.3 Å². The third-order valence-corrected chi connectivity index (χ3v) is 2.98. The van der Waals surface area contributed by atoms with Gasteiger partial charge in [0.2, 0.25) is 0 Å². The Morgan fingerprint density at radius 3 is 3.00 bits per heavy atom. The molecule has 1 N–H and O–H groups in total. The van der Waals surface area contributed by atoms with E-state index in [1.807, 2.05) is 6.26 Å². The van der Waals surface area contributed by atoms with Gasteiger partial charge >= 0.3 is 0 Å². The molecule has 1 unspecified atom stereocenters. The van der Waals surface area contributed by atoms with Crippen molar-refractivity contribution in [1.29, 1.82) is 0 Å². The lowest BCUT2D eigenvalue weighted by Crippen LogP contribution is -2.29. The van der Waals surface area contributed by atoms with Gasteiger partial charge in [0.15, 0.2) is 0 Å². The highest BCUT2D eigenvalue weighted by molar-refractivity contribution is 7.98. The number of nitrogens with zero attached hydrogens (tertiary/aromatic N) is 2. The second-order valence-electron chi connectivity index (χ2n) is 3.50. The average Bonchev–Trinajstić information content (AvgIpc) is 2.26. The van der Waals surface area contributed by atoms with Crippen LogP contribution in [-0.4, -0.2) is 34.4 Å². The first-order valence-corrected chi connectivity index (χ1v) is 6.65. The van der Waals surface area contributed by atoms with Gasteiger partial charge in [-0.25, -0.2) is 4.98 Å². The van der Waals surface area contributed by atoms with Crippen LogP contribution in [0.1, 0.15) is 17.4 Å². The summed E-state index contributed by atoms with van der Waals surface area (Å²) in [5.41, 5.74) is 0.254. The molecule has 88 valence electrons. The number of carbonyl (C=O) groups is 1. The van der Waals surface area contributed by atoms with E-state index in [9.17, 15) is 4.79 Å². The zero-order valence-corrected chi connectivity index (χ0v) is 10.8. The molecule has 0 bridgehead atoms. The number of hydrogen-bond acceptors (Lipinski definition) is 4. The number of amides is 1. The number of halogens is 1. The van der Waals surface area contributed by atoms with Crippen LogP contribution in [0.4, 0.5) is 0 Å². The van der Waals surface area contributed by atoms with Crippen molar-refractivity contribution in [3.05, 3.63) is 23.2 Å². The van der Waals surface area contributed by atoms with Crippen molar-refractivity contribution in [2.75, 3.05) is 18.6 Å². The van der Waals surface area contributed by atoms with Crippen molar-refractivity contribution in [3.8, 4) is 0 Å². The van der Waals surface area contributed by atoms with Gasteiger partial charge in [-0.05, 0) is 17.9 Å². The van der Waals surface area contributed by atoms with E-state index < -0.39 is 0 Å². The molecule has 1 rings (SSSR count). The highest BCUT2D eigenvalue weighted by atomic mass is 35.5. The third-order valence-electron chi connectivity index (χ3n) is 1.90. The van der Waals surface area contributed by atoms with Crippen molar-refractivity contribution < 1.29 is 4.79 Å². The van der Waals surface area contributed by atoms with Crippen LogP contribution in [0.2, 0.25) is 5.15 Å². The molecule has 16 heavy (non-hydrogen) atoms. The Morgan fingerprint density at radius 2 is 2.38 bits per heavy atom. The Morgan fingerprint density at radius 1 is 1.62 bits per heavy atom. The minimum atomic E-state index is -0.233. The molecule has 4 nitrogen and oxygen atoms in total. The van der Waals surface area contributed by atoms with E-state index in [2.05, 4.69) is 22.2 Å². The van der Waals surface area contributed by atoms with Crippen LogP contribution < -0.4 is 5.32 Å². The maximum atomic E-state index is 11.6. The molecule has 0 aliphatic rings. The lowest BCUT2D eigenvalue weighted by Gasteiger charge is -2.10. The molecule has 1 atom stereocenters. The van der Waals surface area contributed by atoms with E-state index in [0.717, 1.165) is 5.75 Å². The fourth-order valence-electron chi connectivity index (χ4n) is 1.15. The number of thioether (sulfide) groups is 1. The second kappa shape index (κ2) is 6.70. The molecule has 0 saturated heterocycles. The lowest BCUT2D eigenvalue weighted by molar-refractivity contribution is 0.0944. The van der Waals surface area contributed by atoms with Crippen LogP contribution in [0, 0.1) is 5.92 Å². The monoisotopic (exact) mass is 259 g/mol. The van der Waals surface area contributed by atoms with Gasteiger partial charge in [-0.1, -0.05) is 18.5 Å². The Kier molecular flexibility index (Phi) is 5.55. The minimum Gasteiger partial charge on any atom is -0.350 e. The third kappa shape index (κ3) is 4.37. The summed E-state index contributed by atoms with van der Waals surface area (Å²) in [7, 11) is 0. The van der Waals surface area contributed by atoms with Gasteiger partial charge in [0.1, 0.15) is 10.8 Å². The quantitative estimate of drug-likeness (QED) is 0.877. The first-order chi connectivity index (χ1) is 7.63. The van der Waals surface area contributed by atoms with Gasteiger partial charge in [0.05, 0.1) is 12.4 Å². The number of carbonyl (C=O) groups excluding carboxylic acids is 1. The maximum Gasteiger partial charge on any atom is 0.271 e. The van der Waals surface area contributed by atoms with E-state index >= 15 is 0 Å². The summed E-state index contributed by atoms with van der Waals surface area (Å²) in [6.07, 6.45) is 4.84. The van der Waals surface area contributed by atoms with Crippen molar-refractivity contribution in [2.24, 2.45) is 5.92 Å². The topological polar surface area (TPSA) is 54.9 Å². The lowest BCUT2D eigenvalue weighted by atomic mass is 10.2. The Labute approximate surface area is 104 Å². The maximum absolute atomic E-state index is 11.6. The highest BCUT2D eigenvalue weighted by Crippen LogP contribution is 2.04. The van der Waals surface area contributed by atoms with Crippen molar-refractivity contribution in [3.63, 3.8) is 0 Å². The smallest absolute Gasteiger partial charge is 0.271 e. The molecule has 0 radical (unpaired) electrons. The van der Waals surface area contributed by atoms with E-state index in [1.54, 1.807) is 11.8 Å². The van der Waals surface area contributed by atoms with Gasteiger partial charge in [-0.3, -0.25) is 9.78 Å². The molecule has 1 heterocycles. The van der Waals surface area contributed by atoms with Crippen molar-refractivity contribution in [1.82, 2.24) is 15.3 Å². The van der Waals surface area contributed by atoms with E-state index in [1.165, 1.54) is 12.4 Å². The summed E-state index contributed by atoms with van der Waals surface area (Å²) in [5.74, 6) is 1.22. The highest BCUT2D eigenvalue weighted by Gasteiger charge is 2.09. The molecule has 6 heteroatoms. The molecule has 0 aliphatic carbocycles. The van der Waals surface area contributed by atoms with Crippen LogP contribution in [0.3, 0.4) is 0 Å². The zero-order valence-electron chi connectivity index (χ0n) is 9.24. The molecule has 1 aromatic rings. The predicted octanol–water partition coefficient (Wildman–Crippen LogP) is 1.86. The van der Waals surface area contributed by atoms with Crippen LogP contribution in [-0.2, 0) is 0 Å². The molecular formula is C10H14ClN3OS. The van der Waals surface area contributed by atoms with Gasteiger partial charge in [0, 0.05) is 6.54 Å². The molecule has 1 amide bonds. The Balaban J connectivity index is 2.47. The predicted molar refractivity (Wildman–Crippen MR) is 66.9 cm³/mol. The summed E-state index contributed by atoms with van der Waals surface area (Å²) in [5, 5.41) is 3.02.